The number of ether oxygens (including phenoxy) is 1. The lowest BCUT2D eigenvalue weighted by atomic mass is 10.3. The maximum atomic E-state index is 5.05. The number of methoxy groups -OCH3 is 1. The first-order chi connectivity index (χ1) is 10.3. The lowest BCUT2D eigenvalue weighted by Crippen LogP contribution is -2.52. The lowest BCUT2D eigenvalue weighted by Gasteiger charge is -2.36. The highest BCUT2D eigenvalue weighted by Crippen LogP contribution is 2.07. The Labute approximate surface area is 149 Å². The van der Waals surface area contributed by atoms with Crippen molar-refractivity contribution >= 4 is 29.9 Å². The van der Waals surface area contributed by atoms with Crippen LogP contribution in [0.4, 0.5) is 0 Å². The molecule has 0 amide bonds. The maximum Gasteiger partial charge on any atom is 0.193 e. The van der Waals surface area contributed by atoms with Crippen molar-refractivity contribution in [1.29, 1.82) is 0 Å². The van der Waals surface area contributed by atoms with Crippen molar-refractivity contribution in [3.63, 3.8) is 0 Å². The number of piperazine rings is 1. The van der Waals surface area contributed by atoms with Gasteiger partial charge in [-0.25, -0.2) is 0 Å². The summed E-state index contributed by atoms with van der Waals surface area (Å²) in [6.45, 7) is 6.47. The summed E-state index contributed by atoms with van der Waals surface area (Å²) in [5.74, 6) is 0.979. The van der Waals surface area contributed by atoms with Crippen molar-refractivity contribution in [3.05, 3.63) is 18.0 Å². The van der Waals surface area contributed by atoms with E-state index in [1.165, 1.54) is 0 Å². The van der Waals surface area contributed by atoms with Crippen LogP contribution in [-0.2, 0) is 11.3 Å². The number of hydrogen-bond acceptors (Lipinski definition) is 5. The lowest BCUT2D eigenvalue weighted by molar-refractivity contribution is 0.168. The Balaban J connectivity index is 0.00000242. The van der Waals surface area contributed by atoms with E-state index in [9.17, 15) is 0 Å². The fourth-order valence-corrected chi connectivity index (χ4v) is 2.41. The first-order valence-electron chi connectivity index (χ1n) is 7.39. The molecule has 2 heterocycles. The molecule has 1 aliphatic rings. The van der Waals surface area contributed by atoms with E-state index >= 15 is 0 Å². The van der Waals surface area contributed by atoms with E-state index in [2.05, 4.69) is 25.3 Å². The number of hydrogen-bond donors (Lipinski definition) is 1. The Hall–Kier alpha value is -0.870. The van der Waals surface area contributed by atoms with Crippen LogP contribution in [0.1, 0.15) is 12.1 Å². The molecule has 7 nitrogen and oxygen atoms in total. The van der Waals surface area contributed by atoms with Gasteiger partial charge in [0, 0.05) is 66.1 Å². The molecular formula is C14H26IN5O2. The largest absolute Gasteiger partial charge is 0.385 e. The van der Waals surface area contributed by atoms with Gasteiger partial charge in [0.2, 0.25) is 0 Å². The van der Waals surface area contributed by atoms with Crippen LogP contribution in [0.5, 0.6) is 0 Å². The van der Waals surface area contributed by atoms with Gasteiger partial charge in [0.05, 0.1) is 5.69 Å². The molecule has 1 aromatic heterocycles. The maximum absolute atomic E-state index is 5.05. The zero-order chi connectivity index (χ0) is 14.9. The number of nitrogens with zero attached hydrogens (tertiary/aromatic N) is 4. The van der Waals surface area contributed by atoms with Gasteiger partial charge in [-0.3, -0.25) is 9.89 Å². The molecule has 0 atom stereocenters. The van der Waals surface area contributed by atoms with Crippen LogP contribution in [0.25, 0.3) is 0 Å². The van der Waals surface area contributed by atoms with Gasteiger partial charge in [0.25, 0.3) is 0 Å². The molecule has 0 aromatic carbocycles. The van der Waals surface area contributed by atoms with Crippen LogP contribution in [-0.4, -0.2) is 74.4 Å². The molecule has 1 fully saturated rings. The van der Waals surface area contributed by atoms with E-state index in [1.54, 1.807) is 13.4 Å². The number of aliphatic imine (C=N–C) groups is 1. The van der Waals surface area contributed by atoms with Gasteiger partial charge in [-0.1, -0.05) is 5.16 Å². The zero-order valence-corrected chi connectivity index (χ0v) is 15.7. The van der Waals surface area contributed by atoms with Gasteiger partial charge in [-0.2, -0.15) is 0 Å². The summed E-state index contributed by atoms with van der Waals surface area (Å²) in [4.78, 5) is 9.03. The second kappa shape index (κ2) is 10.8. The second-order valence-corrected chi connectivity index (χ2v) is 5.07. The van der Waals surface area contributed by atoms with Crippen LogP contribution in [0, 0.1) is 0 Å². The summed E-state index contributed by atoms with van der Waals surface area (Å²) < 4.78 is 9.92. The predicted octanol–water partition coefficient (Wildman–Crippen LogP) is 1.02. The number of nitrogens with one attached hydrogen (secondary N) is 1. The highest BCUT2D eigenvalue weighted by Gasteiger charge is 2.19. The Bertz CT molecular complexity index is 419. The Kier molecular flexibility index (Phi) is 9.41. The van der Waals surface area contributed by atoms with E-state index in [0.29, 0.717) is 0 Å². The van der Waals surface area contributed by atoms with Crippen LogP contribution in [0.15, 0.2) is 21.8 Å². The summed E-state index contributed by atoms with van der Waals surface area (Å²) in [7, 11) is 3.56. The summed E-state index contributed by atoms with van der Waals surface area (Å²) in [5.41, 5.74) is 0.991. The minimum Gasteiger partial charge on any atom is -0.385 e. The van der Waals surface area contributed by atoms with E-state index in [0.717, 1.165) is 63.9 Å². The molecule has 0 saturated carbocycles. The number of aromatic nitrogens is 1. The quantitative estimate of drug-likeness (QED) is 0.319. The molecule has 0 bridgehead atoms. The average molecular weight is 423 g/mol. The summed E-state index contributed by atoms with van der Waals surface area (Å²) in [6.07, 6.45) is 2.61. The minimum absolute atomic E-state index is 0. The third-order valence-electron chi connectivity index (χ3n) is 3.57. The predicted molar refractivity (Wildman–Crippen MR) is 96.6 cm³/mol. The van der Waals surface area contributed by atoms with Crippen LogP contribution >= 0.6 is 24.0 Å². The molecule has 8 heteroatoms. The summed E-state index contributed by atoms with van der Waals surface area (Å²) >= 11 is 0. The Morgan fingerprint density at radius 1 is 1.41 bits per heavy atom. The van der Waals surface area contributed by atoms with E-state index in [4.69, 9.17) is 9.26 Å². The summed E-state index contributed by atoms with van der Waals surface area (Å²) in [5, 5.41) is 7.34. The van der Waals surface area contributed by atoms with Gasteiger partial charge < -0.3 is 19.5 Å². The average Bonchev–Trinajstić information content (AvgIpc) is 3.02. The Morgan fingerprint density at radius 2 is 2.18 bits per heavy atom. The zero-order valence-electron chi connectivity index (χ0n) is 13.3. The molecule has 1 N–H and O–H groups in total. The highest BCUT2D eigenvalue weighted by atomic mass is 127. The van der Waals surface area contributed by atoms with Crippen molar-refractivity contribution in [2.45, 2.75) is 13.0 Å². The van der Waals surface area contributed by atoms with Gasteiger partial charge in [-0.15, -0.1) is 24.0 Å². The van der Waals surface area contributed by atoms with Crippen LogP contribution < -0.4 is 5.32 Å². The summed E-state index contributed by atoms with van der Waals surface area (Å²) in [6, 6.07) is 1.92. The third-order valence-corrected chi connectivity index (χ3v) is 3.57. The van der Waals surface area contributed by atoms with Gasteiger partial charge in [0.1, 0.15) is 6.26 Å². The fourth-order valence-electron chi connectivity index (χ4n) is 2.41. The molecule has 1 aromatic rings. The minimum atomic E-state index is 0. The normalized spacial score (nSPS) is 16.5. The van der Waals surface area contributed by atoms with Gasteiger partial charge in [0.15, 0.2) is 5.96 Å². The first-order valence-corrected chi connectivity index (χ1v) is 7.39. The topological polar surface area (TPSA) is 66.1 Å². The third kappa shape index (κ3) is 6.09. The van der Waals surface area contributed by atoms with Crippen LogP contribution in [0.2, 0.25) is 0 Å². The molecule has 0 unspecified atom stereocenters. The smallest absolute Gasteiger partial charge is 0.193 e. The molecule has 126 valence electrons. The molecule has 1 aliphatic heterocycles. The molecule has 0 spiro atoms. The highest BCUT2D eigenvalue weighted by molar-refractivity contribution is 14.0. The van der Waals surface area contributed by atoms with E-state index in [1.807, 2.05) is 13.1 Å². The monoisotopic (exact) mass is 423 g/mol. The first kappa shape index (κ1) is 19.2. The van der Waals surface area contributed by atoms with Crippen LogP contribution in [0.3, 0.4) is 0 Å². The standard InChI is InChI=1S/C14H25N5O2.HI/c1-15-14(16-5-3-10-20-2)19-8-6-18(7-9-19)12-13-4-11-21-17-13;/h4,11H,3,5-10,12H2,1-2H3,(H,15,16);1H. The number of guanidine groups is 1. The SMILES string of the molecule is CN=C(NCCCOC)N1CCN(Cc2ccon2)CC1.I. The number of rotatable bonds is 6. The number of halogens is 1. The molecule has 22 heavy (non-hydrogen) atoms. The van der Waals surface area contributed by atoms with E-state index < -0.39 is 0 Å². The van der Waals surface area contributed by atoms with Crippen molar-refractivity contribution in [2.24, 2.45) is 4.99 Å². The Morgan fingerprint density at radius 3 is 2.77 bits per heavy atom. The van der Waals surface area contributed by atoms with Crippen molar-refractivity contribution in [1.82, 2.24) is 20.3 Å². The van der Waals surface area contributed by atoms with Crippen molar-refractivity contribution in [3.8, 4) is 0 Å². The van der Waals surface area contributed by atoms with Gasteiger partial charge in [-0.05, 0) is 6.42 Å². The molecule has 0 radical (unpaired) electrons. The van der Waals surface area contributed by atoms with Crippen molar-refractivity contribution in [2.75, 3.05) is 53.5 Å². The van der Waals surface area contributed by atoms with Gasteiger partial charge >= 0.3 is 0 Å². The molecule has 1 saturated heterocycles. The second-order valence-electron chi connectivity index (χ2n) is 5.07. The fraction of sp³-hybridized carbons (Fsp3) is 0.714. The molecule has 0 aliphatic carbocycles. The van der Waals surface area contributed by atoms with E-state index in [-0.39, 0.29) is 24.0 Å². The molecular weight excluding hydrogens is 397 g/mol. The van der Waals surface area contributed by atoms with Crippen molar-refractivity contribution < 1.29 is 9.26 Å². The molecule has 2 rings (SSSR count).